The van der Waals surface area contributed by atoms with Crippen molar-refractivity contribution in [2.75, 3.05) is 19.8 Å². The summed E-state index contributed by atoms with van der Waals surface area (Å²) < 4.78 is -0.192. The molecule has 0 heterocycles. The first kappa shape index (κ1) is 16.0. The van der Waals surface area contributed by atoms with Gasteiger partial charge in [-0.05, 0) is 27.9 Å². The van der Waals surface area contributed by atoms with Crippen LogP contribution in [0.4, 0.5) is 0 Å². The fourth-order valence-electron chi connectivity index (χ4n) is 1.08. The zero-order chi connectivity index (χ0) is 12.6. The van der Waals surface area contributed by atoms with E-state index in [0.29, 0.717) is 5.75 Å². The zero-order valence-electron chi connectivity index (χ0n) is 10.1. The van der Waals surface area contributed by atoms with E-state index in [-0.39, 0.29) is 16.8 Å². The molecule has 0 saturated heterocycles. The van der Waals surface area contributed by atoms with Crippen molar-refractivity contribution in [3.05, 3.63) is 0 Å². The van der Waals surface area contributed by atoms with Crippen LogP contribution in [0.5, 0.6) is 0 Å². The molecule has 0 unspecified atom stereocenters. The predicted molar refractivity (Wildman–Crippen MR) is 72.0 cm³/mol. The number of carbonyl (C=O) groups excluding carboxylic acids is 2. The van der Waals surface area contributed by atoms with Crippen molar-refractivity contribution in [1.82, 2.24) is 10.6 Å². The molecule has 0 aliphatic rings. The first-order valence-corrected chi connectivity index (χ1v) is 7.39. The van der Waals surface area contributed by atoms with Crippen LogP contribution in [0.1, 0.15) is 13.8 Å². The number of aldehydes is 2. The molecule has 0 spiro atoms. The third kappa shape index (κ3) is 5.34. The van der Waals surface area contributed by atoms with E-state index >= 15 is 0 Å². The number of hydrogen-bond acceptors (Lipinski definition) is 6. The number of carbonyl (C=O) groups is 2. The molecule has 4 nitrogen and oxygen atoms in total. The van der Waals surface area contributed by atoms with Crippen molar-refractivity contribution < 1.29 is 9.59 Å². The Hall–Kier alpha value is -0.0400. The van der Waals surface area contributed by atoms with Crippen LogP contribution in [-0.2, 0) is 9.59 Å². The molecule has 0 bridgehead atoms. The maximum absolute atomic E-state index is 10.8. The van der Waals surface area contributed by atoms with Gasteiger partial charge >= 0.3 is 0 Å². The maximum atomic E-state index is 10.8. The fraction of sp³-hybridized carbons (Fsp3) is 0.800. The lowest BCUT2D eigenvalue weighted by atomic mass is 10.1. The standard InChI is InChI=1S/C10H20N2O2S2/c1-10(2,9(6-14)12-4)16-15-7-8(5-13)11-3/h5-6,8-9,11-12H,7H2,1-4H3/t8-,9-/m1/s1. The summed E-state index contributed by atoms with van der Waals surface area (Å²) in [4.78, 5) is 21.4. The number of nitrogens with one attached hydrogen (secondary N) is 2. The molecular formula is C10H20N2O2S2. The van der Waals surface area contributed by atoms with E-state index in [1.54, 1.807) is 35.7 Å². The van der Waals surface area contributed by atoms with Crippen molar-refractivity contribution >= 4 is 34.2 Å². The minimum atomic E-state index is -0.192. The van der Waals surface area contributed by atoms with Crippen LogP contribution in [-0.4, -0.2) is 49.3 Å². The summed E-state index contributed by atoms with van der Waals surface area (Å²) in [6.07, 6.45) is 1.82. The maximum Gasteiger partial charge on any atom is 0.138 e. The van der Waals surface area contributed by atoms with Crippen LogP contribution in [0.25, 0.3) is 0 Å². The van der Waals surface area contributed by atoms with E-state index in [4.69, 9.17) is 0 Å². The Bertz CT molecular complexity index is 225. The van der Waals surface area contributed by atoms with Gasteiger partial charge in [-0.25, -0.2) is 0 Å². The summed E-state index contributed by atoms with van der Waals surface area (Å²) >= 11 is 0. The minimum absolute atomic E-state index is 0.127. The Labute approximate surface area is 105 Å². The summed E-state index contributed by atoms with van der Waals surface area (Å²) in [7, 11) is 6.75. The molecule has 94 valence electrons. The third-order valence-electron chi connectivity index (χ3n) is 2.25. The van der Waals surface area contributed by atoms with E-state index < -0.39 is 0 Å². The van der Waals surface area contributed by atoms with Gasteiger partial charge < -0.3 is 20.2 Å². The van der Waals surface area contributed by atoms with Crippen LogP contribution < -0.4 is 10.6 Å². The molecule has 16 heavy (non-hydrogen) atoms. The van der Waals surface area contributed by atoms with Crippen molar-refractivity contribution in [2.45, 2.75) is 30.7 Å². The normalized spacial score (nSPS) is 15.5. The molecule has 0 aliphatic carbocycles. The molecule has 0 rings (SSSR count). The first-order valence-electron chi connectivity index (χ1n) is 5.07. The largest absolute Gasteiger partial charge is 0.310 e. The lowest BCUT2D eigenvalue weighted by Gasteiger charge is -2.29. The Morgan fingerprint density at radius 1 is 1.19 bits per heavy atom. The van der Waals surface area contributed by atoms with Crippen molar-refractivity contribution in [3.63, 3.8) is 0 Å². The summed E-state index contributed by atoms with van der Waals surface area (Å²) in [5.74, 6) is 0.698. The fourth-order valence-corrected chi connectivity index (χ4v) is 3.99. The van der Waals surface area contributed by atoms with Crippen LogP contribution >= 0.6 is 21.6 Å². The number of rotatable bonds is 9. The van der Waals surface area contributed by atoms with Crippen molar-refractivity contribution in [1.29, 1.82) is 0 Å². The molecule has 0 fully saturated rings. The van der Waals surface area contributed by atoms with Gasteiger partial charge in [0.05, 0.1) is 12.1 Å². The molecule has 2 atom stereocenters. The third-order valence-corrected chi connectivity index (χ3v) is 5.60. The van der Waals surface area contributed by atoms with Gasteiger partial charge in [0.1, 0.15) is 12.6 Å². The van der Waals surface area contributed by atoms with Crippen LogP contribution in [0.3, 0.4) is 0 Å². The van der Waals surface area contributed by atoms with Gasteiger partial charge in [0.25, 0.3) is 0 Å². The van der Waals surface area contributed by atoms with E-state index in [1.807, 2.05) is 13.8 Å². The highest BCUT2D eigenvalue weighted by atomic mass is 33.1. The Kier molecular flexibility index (Phi) is 8.09. The van der Waals surface area contributed by atoms with E-state index in [0.717, 1.165) is 12.6 Å². The van der Waals surface area contributed by atoms with Gasteiger partial charge in [0.2, 0.25) is 0 Å². The molecular weight excluding hydrogens is 244 g/mol. The molecule has 6 heteroatoms. The lowest BCUT2D eigenvalue weighted by Crippen LogP contribution is -2.43. The van der Waals surface area contributed by atoms with Gasteiger partial charge in [-0.2, -0.15) is 0 Å². The SMILES string of the molecule is CN[C@H](C=O)CSSC(C)(C)[C@@H](C=O)NC. The molecule has 0 aromatic heterocycles. The van der Waals surface area contributed by atoms with Crippen LogP contribution in [0.15, 0.2) is 0 Å². The highest BCUT2D eigenvalue weighted by molar-refractivity contribution is 8.77. The lowest BCUT2D eigenvalue weighted by molar-refractivity contribution is -0.110. The molecule has 0 aromatic rings. The van der Waals surface area contributed by atoms with E-state index in [1.165, 1.54) is 0 Å². The predicted octanol–water partition coefficient (Wildman–Crippen LogP) is 0.720. The summed E-state index contributed by atoms with van der Waals surface area (Å²) in [5, 5.41) is 5.88. The summed E-state index contributed by atoms with van der Waals surface area (Å²) in [5.41, 5.74) is 0. The topological polar surface area (TPSA) is 58.2 Å². The van der Waals surface area contributed by atoms with Gasteiger partial charge in [0, 0.05) is 10.5 Å². The first-order chi connectivity index (χ1) is 7.51. The van der Waals surface area contributed by atoms with E-state index in [9.17, 15) is 9.59 Å². The Balaban J connectivity index is 4.07. The second-order valence-electron chi connectivity index (χ2n) is 3.90. The van der Waals surface area contributed by atoms with Gasteiger partial charge in [0.15, 0.2) is 0 Å². The highest BCUT2D eigenvalue weighted by Gasteiger charge is 2.29. The molecule has 0 radical (unpaired) electrons. The van der Waals surface area contributed by atoms with Crippen molar-refractivity contribution in [2.24, 2.45) is 0 Å². The highest BCUT2D eigenvalue weighted by Crippen LogP contribution is 2.37. The Morgan fingerprint density at radius 3 is 2.19 bits per heavy atom. The van der Waals surface area contributed by atoms with E-state index in [2.05, 4.69) is 10.6 Å². The molecule has 0 aliphatic heterocycles. The second kappa shape index (κ2) is 8.11. The van der Waals surface area contributed by atoms with Gasteiger partial charge in [-0.15, -0.1) is 0 Å². The molecule has 2 N–H and O–H groups in total. The van der Waals surface area contributed by atoms with Gasteiger partial charge in [-0.1, -0.05) is 21.6 Å². The Morgan fingerprint density at radius 2 is 1.81 bits per heavy atom. The summed E-state index contributed by atoms with van der Waals surface area (Å²) in [6.45, 7) is 4.02. The zero-order valence-corrected chi connectivity index (χ0v) is 11.8. The summed E-state index contributed by atoms with van der Waals surface area (Å²) in [6, 6.07) is -0.313. The molecule has 0 amide bonds. The molecule has 0 saturated carbocycles. The quantitative estimate of drug-likeness (QED) is 0.473. The van der Waals surface area contributed by atoms with Crippen LogP contribution in [0, 0.1) is 0 Å². The monoisotopic (exact) mass is 264 g/mol. The average molecular weight is 264 g/mol. The smallest absolute Gasteiger partial charge is 0.138 e. The minimum Gasteiger partial charge on any atom is -0.310 e. The van der Waals surface area contributed by atoms with Crippen LogP contribution in [0.2, 0.25) is 0 Å². The second-order valence-corrected chi connectivity index (χ2v) is 6.90. The number of likely N-dealkylation sites (N-methyl/N-ethyl adjacent to an activating group) is 2. The average Bonchev–Trinajstić information content (AvgIpc) is 2.25. The number of hydrogen-bond donors (Lipinski definition) is 2. The van der Waals surface area contributed by atoms with Crippen molar-refractivity contribution in [3.8, 4) is 0 Å². The molecule has 0 aromatic carbocycles. The van der Waals surface area contributed by atoms with Gasteiger partial charge in [-0.3, -0.25) is 0 Å².